The Morgan fingerprint density at radius 3 is 3.10 bits per heavy atom. The third-order valence-corrected chi connectivity index (χ3v) is 3.74. The minimum atomic E-state index is -0.282. The minimum absolute atomic E-state index is 0.0573. The Labute approximate surface area is 124 Å². The van der Waals surface area contributed by atoms with Crippen LogP contribution in [0.4, 0.5) is 0 Å². The van der Waals surface area contributed by atoms with E-state index in [9.17, 15) is 4.79 Å². The summed E-state index contributed by atoms with van der Waals surface area (Å²) in [4.78, 5) is 18.4. The van der Waals surface area contributed by atoms with E-state index in [-0.39, 0.29) is 18.1 Å². The molecule has 1 amide bonds. The highest BCUT2D eigenvalue weighted by atomic mass is 16.5. The van der Waals surface area contributed by atoms with Crippen molar-refractivity contribution in [2.45, 2.75) is 25.4 Å². The number of nitrogens with zero attached hydrogens (tertiary/aromatic N) is 2. The molecule has 1 atom stereocenters. The van der Waals surface area contributed by atoms with Crippen LogP contribution in [0.25, 0.3) is 0 Å². The molecule has 0 bridgehead atoms. The number of rotatable bonds is 2. The Morgan fingerprint density at radius 2 is 2.38 bits per heavy atom. The number of carbonyl (C=O) groups is 1. The van der Waals surface area contributed by atoms with Crippen molar-refractivity contribution in [3.63, 3.8) is 0 Å². The monoisotopic (exact) mass is 288 g/mol. The van der Waals surface area contributed by atoms with Gasteiger partial charge in [0.25, 0.3) is 5.91 Å². The molecule has 1 aliphatic heterocycles. The van der Waals surface area contributed by atoms with Gasteiger partial charge in [0.05, 0.1) is 11.2 Å². The summed E-state index contributed by atoms with van der Waals surface area (Å²) >= 11 is 0. The number of hydrogen-bond donors (Lipinski definition) is 1. The van der Waals surface area contributed by atoms with E-state index >= 15 is 0 Å². The fourth-order valence-corrected chi connectivity index (χ4v) is 2.50. The highest BCUT2D eigenvalue weighted by Crippen LogP contribution is 2.25. The van der Waals surface area contributed by atoms with Gasteiger partial charge in [-0.25, -0.2) is 0 Å². The first kappa shape index (κ1) is 15.5. The smallest absolute Gasteiger partial charge is 0.255 e. The van der Waals surface area contributed by atoms with Crippen molar-refractivity contribution in [2.24, 2.45) is 0 Å². The van der Waals surface area contributed by atoms with Crippen molar-refractivity contribution < 1.29 is 14.6 Å². The standard InChI is InChI=1S/C16H20N2O3/c1-16(21-2)6-4-7-18(12-16)15(20)14-9-13(5-3-8-19)10-17-11-14/h9-11,19H,4,6-8,12H2,1-2H3. The second-order valence-corrected chi connectivity index (χ2v) is 5.41. The summed E-state index contributed by atoms with van der Waals surface area (Å²) < 4.78 is 5.51. The molecule has 1 aliphatic rings. The molecule has 1 N–H and O–H groups in total. The molecule has 5 nitrogen and oxygen atoms in total. The summed E-state index contributed by atoms with van der Waals surface area (Å²) in [6.45, 7) is 3.11. The molecule has 1 aromatic heterocycles. The third kappa shape index (κ3) is 3.81. The molecule has 0 aromatic carbocycles. The van der Waals surface area contributed by atoms with Crippen LogP contribution in [0.2, 0.25) is 0 Å². The van der Waals surface area contributed by atoms with Crippen molar-refractivity contribution in [2.75, 3.05) is 26.8 Å². The maximum absolute atomic E-state index is 12.6. The average Bonchev–Trinajstić information content (AvgIpc) is 2.52. The van der Waals surface area contributed by atoms with E-state index in [1.165, 1.54) is 0 Å². The number of likely N-dealkylation sites (tertiary alicyclic amines) is 1. The summed E-state index contributed by atoms with van der Waals surface area (Å²) in [6, 6.07) is 1.71. The lowest BCUT2D eigenvalue weighted by Crippen LogP contribution is -2.49. The number of aliphatic hydroxyl groups is 1. The Morgan fingerprint density at radius 1 is 1.57 bits per heavy atom. The molecule has 1 aromatic rings. The highest BCUT2D eigenvalue weighted by Gasteiger charge is 2.33. The summed E-state index contributed by atoms with van der Waals surface area (Å²) in [6.07, 6.45) is 5.00. The first-order valence-corrected chi connectivity index (χ1v) is 6.97. The summed E-state index contributed by atoms with van der Waals surface area (Å²) in [5, 5.41) is 8.71. The maximum atomic E-state index is 12.6. The zero-order valence-electron chi connectivity index (χ0n) is 12.4. The quantitative estimate of drug-likeness (QED) is 0.827. The molecule has 0 saturated carbocycles. The van der Waals surface area contributed by atoms with Crippen LogP contribution in [0.3, 0.4) is 0 Å². The van der Waals surface area contributed by atoms with Gasteiger partial charge in [-0.2, -0.15) is 0 Å². The first-order valence-electron chi connectivity index (χ1n) is 6.97. The molecule has 0 spiro atoms. The van der Waals surface area contributed by atoms with Gasteiger partial charge in [0.2, 0.25) is 0 Å². The van der Waals surface area contributed by atoms with Crippen LogP contribution in [-0.2, 0) is 4.74 Å². The van der Waals surface area contributed by atoms with E-state index in [1.807, 2.05) is 6.92 Å². The van der Waals surface area contributed by atoms with Crippen LogP contribution in [0.1, 0.15) is 35.7 Å². The lowest BCUT2D eigenvalue weighted by molar-refractivity contribution is -0.0440. The zero-order valence-corrected chi connectivity index (χ0v) is 12.4. The number of ether oxygens (including phenoxy) is 1. The topological polar surface area (TPSA) is 62.7 Å². The number of pyridine rings is 1. The molecule has 0 radical (unpaired) electrons. The summed E-state index contributed by atoms with van der Waals surface area (Å²) in [7, 11) is 1.68. The molecular formula is C16H20N2O3. The molecule has 5 heteroatoms. The molecule has 1 fully saturated rings. The van der Waals surface area contributed by atoms with Gasteiger partial charge in [-0.1, -0.05) is 11.8 Å². The molecular weight excluding hydrogens is 268 g/mol. The Kier molecular flexibility index (Phi) is 4.94. The van der Waals surface area contributed by atoms with Crippen molar-refractivity contribution >= 4 is 5.91 Å². The van der Waals surface area contributed by atoms with E-state index in [0.29, 0.717) is 17.7 Å². The average molecular weight is 288 g/mol. The number of piperidine rings is 1. The Bertz CT molecular complexity index is 576. The van der Waals surface area contributed by atoms with Crippen LogP contribution < -0.4 is 0 Å². The Hall–Kier alpha value is -1.90. The molecule has 1 saturated heterocycles. The van der Waals surface area contributed by atoms with Gasteiger partial charge >= 0.3 is 0 Å². The number of amides is 1. The fourth-order valence-electron chi connectivity index (χ4n) is 2.50. The minimum Gasteiger partial charge on any atom is -0.384 e. The van der Waals surface area contributed by atoms with Crippen LogP contribution >= 0.6 is 0 Å². The summed E-state index contributed by atoms with van der Waals surface area (Å²) in [5.74, 6) is 5.26. The Balaban J connectivity index is 2.16. The van der Waals surface area contributed by atoms with Crippen LogP contribution in [0.15, 0.2) is 18.5 Å². The maximum Gasteiger partial charge on any atom is 0.255 e. The second-order valence-electron chi connectivity index (χ2n) is 5.41. The van der Waals surface area contributed by atoms with E-state index in [4.69, 9.17) is 9.84 Å². The lowest BCUT2D eigenvalue weighted by atomic mass is 9.94. The van der Waals surface area contributed by atoms with E-state index in [0.717, 1.165) is 19.4 Å². The summed E-state index contributed by atoms with van der Waals surface area (Å²) in [5.41, 5.74) is 0.858. The van der Waals surface area contributed by atoms with Crippen molar-refractivity contribution in [1.29, 1.82) is 0 Å². The van der Waals surface area contributed by atoms with Gasteiger partial charge in [-0.3, -0.25) is 9.78 Å². The van der Waals surface area contributed by atoms with Crippen molar-refractivity contribution in [3.05, 3.63) is 29.6 Å². The van der Waals surface area contributed by atoms with E-state index in [2.05, 4.69) is 16.8 Å². The largest absolute Gasteiger partial charge is 0.384 e. The van der Waals surface area contributed by atoms with Crippen LogP contribution in [-0.4, -0.2) is 53.3 Å². The SMILES string of the molecule is COC1(C)CCCN(C(=O)c2cncc(C#CCO)c2)C1. The molecule has 1 unspecified atom stereocenters. The zero-order chi connectivity index (χ0) is 15.3. The van der Waals surface area contributed by atoms with Gasteiger partial charge in [0.15, 0.2) is 0 Å². The predicted octanol–water partition coefficient (Wildman–Crippen LogP) is 1.07. The highest BCUT2D eigenvalue weighted by molar-refractivity contribution is 5.94. The fraction of sp³-hybridized carbons (Fsp3) is 0.500. The number of carbonyl (C=O) groups excluding carboxylic acids is 1. The van der Waals surface area contributed by atoms with Gasteiger partial charge < -0.3 is 14.7 Å². The van der Waals surface area contributed by atoms with Crippen molar-refractivity contribution in [3.8, 4) is 11.8 Å². The van der Waals surface area contributed by atoms with Crippen LogP contribution in [0, 0.1) is 11.8 Å². The number of methoxy groups -OCH3 is 1. The number of hydrogen-bond acceptors (Lipinski definition) is 4. The van der Waals surface area contributed by atoms with E-state index in [1.54, 1.807) is 30.5 Å². The number of aliphatic hydroxyl groups excluding tert-OH is 1. The third-order valence-electron chi connectivity index (χ3n) is 3.74. The van der Waals surface area contributed by atoms with Gasteiger partial charge in [0.1, 0.15) is 6.61 Å². The molecule has 2 rings (SSSR count). The molecule has 2 heterocycles. The normalized spacial score (nSPS) is 21.6. The van der Waals surface area contributed by atoms with E-state index < -0.39 is 0 Å². The number of aromatic nitrogens is 1. The van der Waals surface area contributed by atoms with Gasteiger partial charge in [-0.15, -0.1) is 0 Å². The van der Waals surface area contributed by atoms with Gasteiger partial charge in [0, 0.05) is 38.2 Å². The van der Waals surface area contributed by atoms with Crippen molar-refractivity contribution in [1.82, 2.24) is 9.88 Å². The lowest BCUT2D eigenvalue weighted by Gasteiger charge is -2.39. The predicted molar refractivity (Wildman–Crippen MR) is 78.8 cm³/mol. The molecule has 112 valence electrons. The molecule has 21 heavy (non-hydrogen) atoms. The molecule has 0 aliphatic carbocycles. The van der Waals surface area contributed by atoms with Gasteiger partial charge in [-0.05, 0) is 25.8 Å². The first-order chi connectivity index (χ1) is 10.1. The van der Waals surface area contributed by atoms with Crippen LogP contribution in [0.5, 0.6) is 0 Å². The second kappa shape index (κ2) is 6.70.